The van der Waals surface area contributed by atoms with Crippen LogP contribution in [0.2, 0.25) is 5.02 Å². The summed E-state index contributed by atoms with van der Waals surface area (Å²) >= 11 is 6.47. The van der Waals surface area contributed by atoms with Crippen LogP contribution in [0.25, 0.3) is 11.0 Å². The van der Waals surface area contributed by atoms with E-state index in [-0.39, 0.29) is 35.8 Å². The van der Waals surface area contributed by atoms with Crippen LogP contribution in [-0.4, -0.2) is 74.5 Å². The number of rotatable bonds is 6. The maximum Gasteiger partial charge on any atom is 0.277 e. The number of nitrogens with one attached hydrogen (secondary N) is 1. The number of hydrogen-bond donors (Lipinski definition) is 2. The fourth-order valence-corrected chi connectivity index (χ4v) is 4.64. The number of benzene rings is 1. The molecule has 0 spiro atoms. The molecule has 1 unspecified atom stereocenters. The molecule has 0 aliphatic carbocycles. The lowest BCUT2D eigenvalue weighted by Crippen LogP contribution is -2.40. The van der Waals surface area contributed by atoms with E-state index in [1.807, 2.05) is 6.92 Å². The van der Waals surface area contributed by atoms with Gasteiger partial charge in [-0.25, -0.2) is 14.6 Å². The number of amides is 3. The summed E-state index contributed by atoms with van der Waals surface area (Å²) in [4.78, 5) is 49.3. The Bertz CT molecular complexity index is 1400. The molecule has 1 atom stereocenters. The van der Waals surface area contributed by atoms with Crippen molar-refractivity contribution in [3.8, 4) is 0 Å². The minimum absolute atomic E-state index is 0.0560. The van der Waals surface area contributed by atoms with Crippen LogP contribution < -0.4 is 11.1 Å². The highest BCUT2D eigenvalue weighted by Gasteiger charge is 2.29. The summed E-state index contributed by atoms with van der Waals surface area (Å²) in [6.07, 6.45) is 4.32. The number of likely N-dealkylation sites (tertiary alicyclic amines) is 1. The van der Waals surface area contributed by atoms with E-state index < -0.39 is 5.91 Å². The Kier molecular flexibility index (Phi) is 7.44. The average Bonchev–Trinajstić information content (AvgIpc) is 3.27. The van der Waals surface area contributed by atoms with E-state index >= 15 is 0 Å². The van der Waals surface area contributed by atoms with E-state index in [0.717, 1.165) is 24.0 Å². The number of likely N-dealkylation sites (N-methyl/N-ethyl adjacent to an activating group) is 1. The van der Waals surface area contributed by atoms with Crippen LogP contribution in [0.1, 0.15) is 40.5 Å². The van der Waals surface area contributed by atoms with Gasteiger partial charge in [-0.05, 0) is 49.1 Å². The molecule has 11 nitrogen and oxygen atoms in total. The molecule has 3 N–H and O–H groups in total. The van der Waals surface area contributed by atoms with Crippen molar-refractivity contribution < 1.29 is 14.4 Å². The molecule has 194 valence electrons. The van der Waals surface area contributed by atoms with E-state index in [4.69, 9.17) is 17.3 Å². The Hall–Kier alpha value is -3.99. The molecule has 0 radical (unpaired) electrons. The van der Waals surface area contributed by atoms with Crippen molar-refractivity contribution in [1.29, 1.82) is 0 Å². The van der Waals surface area contributed by atoms with Crippen molar-refractivity contribution in [1.82, 2.24) is 29.5 Å². The Morgan fingerprint density at radius 2 is 2.05 bits per heavy atom. The van der Waals surface area contributed by atoms with Gasteiger partial charge in [0.1, 0.15) is 12.1 Å². The lowest BCUT2D eigenvalue weighted by Gasteiger charge is -2.32. The maximum absolute atomic E-state index is 13.4. The Labute approximate surface area is 219 Å². The van der Waals surface area contributed by atoms with Gasteiger partial charge in [0.25, 0.3) is 5.91 Å². The van der Waals surface area contributed by atoms with Crippen molar-refractivity contribution in [3.63, 3.8) is 0 Å². The molecule has 2 aromatic heterocycles. The highest BCUT2D eigenvalue weighted by atomic mass is 35.5. The lowest BCUT2D eigenvalue weighted by atomic mass is 10.0. The number of carbonyl (C=O) groups excluding carboxylic acids is 3. The monoisotopic (exact) mass is 524 g/mol. The number of aryl methyl sites for hydroxylation is 1. The molecule has 1 saturated heterocycles. The molecular weight excluding hydrogens is 496 g/mol. The minimum atomic E-state index is -0.529. The Morgan fingerprint density at radius 3 is 2.76 bits per heavy atom. The van der Waals surface area contributed by atoms with E-state index in [1.54, 1.807) is 35.8 Å². The summed E-state index contributed by atoms with van der Waals surface area (Å²) in [5, 5.41) is 8.01. The molecule has 1 fully saturated rings. The van der Waals surface area contributed by atoms with Crippen LogP contribution in [0.15, 0.2) is 31.1 Å². The number of carbonyl (C=O) groups is 3. The number of nitrogen functional groups attached to an aromatic ring is 1. The van der Waals surface area contributed by atoms with E-state index in [0.29, 0.717) is 34.8 Å². The summed E-state index contributed by atoms with van der Waals surface area (Å²) in [5.41, 5.74) is 8.57. The number of nitrogens with zero attached hydrogens (tertiary/aromatic N) is 6. The zero-order chi connectivity index (χ0) is 26.9. The van der Waals surface area contributed by atoms with Gasteiger partial charge in [0.15, 0.2) is 11.3 Å². The molecule has 1 aliphatic heterocycles. The smallest absolute Gasteiger partial charge is 0.277 e. The summed E-state index contributed by atoms with van der Waals surface area (Å²) < 4.78 is 1.65. The fourth-order valence-electron chi connectivity index (χ4n) is 4.40. The van der Waals surface area contributed by atoms with E-state index in [2.05, 4.69) is 27.0 Å². The molecule has 4 rings (SSSR count). The summed E-state index contributed by atoms with van der Waals surface area (Å²) in [6.45, 7) is 6.45. The SMILES string of the molecule is C=CC(=O)N1CCCC(n2nc(C(=O)Nc3cc(C)c(CC(=O)N(C)C)cc3Cl)c3c(N)ncnc32)C1. The first-order valence-electron chi connectivity index (χ1n) is 11.8. The van der Waals surface area contributed by atoms with Gasteiger partial charge < -0.3 is 20.9 Å². The van der Waals surface area contributed by atoms with Crippen molar-refractivity contribution in [2.45, 2.75) is 32.2 Å². The number of hydrogen-bond acceptors (Lipinski definition) is 7. The quantitative estimate of drug-likeness (QED) is 0.472. The van der Waals surface area contributed by atoms with Gasteiger partial charge in [-0.3, -0.25) is 14.4 Å². The molecule has 1 aromatic carbocycles. The highest BCUT2D eigenvalue weighted by Crippen LogP contribution is 2.31. The molecule has 0 saturated carbocycles. The van der Waals surface area contributed by atoms with Crippen LogP contribution in [-0.2, 0) is 16.0 Å². The van der Waals surface area contributed by atoms with Crippen molar-refractivity contribution in [2.24, 2.45) is 0 Å². The van der Waals surface area contributed by atoms with Crippen LogP contribution in [0.5, 0.6) is 0 Å². The molecular formula is C25H29ClN8O3. The predicted octanol–water partition coefficient (Wildman–Crippen LogP) is 2.60. The third-order valence-corrected chi connectivity index (χ3v) is 6.79. The van der Waals surface area contributed by atoms with Crippen LogP contribution >= 0.6 is 11.6 Å². The second-order valence-corrected chi connectivity index (χ2v) is 9.62. The summed E-state index contributed by atoms with van der Waals surface area (Å²) in [5.74, 6) is -0.622. The van der Waals surface area contributed by atoms with Crippen molar-refractivity contribution in [3.05, 3.63) is 53.0 Å². The molecule has 3 heterocycles. The highest BCUT2D eigenvalue weighted by molar-refractivity contribution is 6.34. The van der Waals surface area contributed by atoms with Gasteiger partial charge in [0, 0.05) is 27.2 Å². The number of anilines is 2. The second kappa shape index (κ2) is 10.6. The molecule has 3 aromatic rings. The Balaban J connectivity index is 1.66. The average molecular weight is 525 g/mol. The van der Waals surface area contributed by atoms with Gasteiger partial charge in [-0.1, -0.05) is 18.2 Å². The molecule has 0 bridgehead atoms. The first-order valence-corrected chi connectivity index (χ1v) is 12.2. The summed E-state index contributed by atoms with van der Waals surface area (Å²) in [7, 11) is 3.38. The van der Waals surface area contributed by atoms with Crippen LogP contribution in [0, 0.1) is 6.92 Å². The number of fused-ring (bicyclic) bond motifs is 1. The maximum atomic E-state index is 13.4. The zero-order valence-electron chi connectivity index (χ0n) is 21.0. The third-order valence-electron chi connectivity index (χ3n) is 6.48. The zero-order valence-corrected chi connectivity index (χ0v) is 21.7. The third kappa shape index (κ3) is 5.26. The first-order chi connectivity index (χ1) is 17.6. The second-order valence-electron chi connectivity index (χ2n) is 9.21. The first kappa shape index (κ1) is 26.1. The molecule has 37 heavy (non-hydrogen) atoms. The normalized spacial score (nSPS) is 15.5. The lowest BCUT2D eigenvalue weighted by molar-refractivity contribution is -0.128. The standard InChI is InChI=1S/C25H29ClN8O3/c1-5-19(35)33-8-6-7-16(12-33)34-24-21(23(27)28-13-29-24)22(31-34)25(37)30-18-9-14(2)15(10-17(18)26)11-20(36)32(3)4/h5,9-10,13,16H,1,6-8,11-12H2,2-4H3,(H,30,37)(H2,27,28,29). The number of halogens is 1. The van der Waals surface area contributed by atoms with Crippen LogP contribution in [0.3, 0.4) is 0 Å². The number of piperidine rings is 1. The fraction of sp³-hybridized carbons (Fsp3) is 0.360. The van der Waals surface area contributed by atoms with E-state index in [9.17, 15) is 14.4 Å². The van der Waals surface area contributed by atoms with Gasteiger partial charge in [-0.2, -0.15) is 5.10 Å². The largest absolute Gasteiger partial charge is 0.383 e. The predicted molar refractivity (Wildman–Crippen MR) is 141 cm³/mol. The van der Waals surface area contributed by atoms with Gasteiger partial charge >= 0.3 is 0 Å². The van der Waals surface area contributed by atoms with Gasteiger partial charge in [0.2, 0.25) is 11.8 Å². The number of aromatic nitrogens is 4. The molecule has 1 aliphatic rings. The van der Waals surface area contributed by atoms with Crippen molar-refractivity contribution >= 4 is 51.9 Å². The minimum Gasteiger partial charge on any atom is -0.383 e. The molecule has 3 amide bonds. The number of nitrogens with two attached hydrogens (primary N) is 1. The van der Waals surface area contributed by atoms with Crippen molar-refractivity contribution in [2.75, 3.05) is 38.2 Å². The van der Waals surface area contributed by atoms with Gasteiger partial charge in [-0.15, -0.1) is 0 Å². The topological polar surface area (TPSA) is 139 Å². The Morgan fingerprint density at radius 1 is 1.30 bits per heavy atom. The van der Waals surface area contributed by atoms with Gasteiger partial charge in [0.05, 0.1) is 28.6 Å². The molecule has 12 heteroatoms. The van der Waals surface area contributed by atoms with E-state index in [1.165, 1.54) is 17.3 Å². The summed E-state index contributed by atoms with van der Waals surface area (Å²) in [6, 6.07) is 3.20. The van der Waals surface area contributed by atoms with Crippen LogP contribution in [0.4, 0.5) is 11.5 Å².